The Labute approximate surface area is 107 Å². The van der Waals surface area contributed by atoms with Gasteiger partial charge in [0.05, 0.1) is 6.10 Å². The van der Waals surface area contributed by atoms with E-state index in [2.05, 4.69) is 0 Å². The van der Waals surface area contributed by atoms with Crippen LogP contribution in [0.15, 0.2) is 18.2 Å². The molecule has 17 heavy (non-hydrogen) atoms. The molecule has 0 aliphatic carbocycles. The first-order valence-electron chi connectivity index (χ1n) is 5.64. The zero-order valence-corrected chi connectivity index (χ0v) is 11.2. The molecule has 0 spiro atoms. The van der Waals surface area contributed by atoms with Gasteiger partial charge in [-0.1, -0.05) is 32.4 Å². The van der Waals surface area contributed by atoms with Gasteiger partial charge in [0.1, 0.15) is 5.75 Å². The molecular formula is C13H20ClNO2. The molecule has 0 amide bonds. The molecule has 1 aromatic rings. The van der Waals surface area contributed by atoms with Gasteiger partial charge < -0.3 is 15.9 Å². The van der Waals surface area contributed by atoms with Crippen molar-refractivity contribution in [1.29, 1.82) is 0 Å². The van der Waals surface area contributed by atoms with Crippen LogP contribution in [0.5, 0.6) is 5.75 Å². The molecule has 96 valence electrons. The lowest BCUT2D eigenvalue weighted by Crippen LogP contribution is -2.36. The van der Waals surface area contributed by atoms with Crippen LogP contribution in [0.2, 0.25) is 5.02 Å². The predicted octanol–water partition coefficient (Wildman–Crippen LogP) is 2.84. The molecule has 0 aliphatic rings. The predicted molar refractivity (Wildman–Crippen MR) is 70.1 cm³/mol. The molecule has 1 rings (SSSR count). The summed E-state index contributed by atoms with van der Waals surface area (Å²) in [7, 11) is 0. The molecule has 0 radical (unpaired) electrons. The van der Waals surface area contributed by atoms with Crippen LogP contribution in [0.25, 0.3) is 0 Å². The minimum absolute atomic E-state index is 0.0445. The monoisotopic (exact) mass is 257 g/mol. The van der Waals surface area contributed by atoms with Crippen LogP contribution in [-0.2, 0) is 0 Å². The number of hydrogen-bond acceptors (Lipinski definition) is 3. The van der Waals surface area contributed by atoms with Gasteiger partial charge in [-0.05, 0) is 30.0 Å². The molecule has 3 nitrogen and oxygen atoms in total. The van der Waals surface area contributed by atoms with Crippen molar-refractivity contribution >= 4 is 11.6 Å². The molecular weight excluding hydrogens is 238 g/mol. The Kier molecular flexibility index (Phi) is 4.42. The maximum Gasteiger partial charge on any atom is 0.121 e. The Bertz CT molecular complexity index is 387. The molecule has 4 heteroatoms. The third-order valence-corrected chi connectivity index (χ3v) is 3.17. The van der Waals surface area contributed by atoms with Crippen LogP contribution in [0, 0.1) is 5.41 Å². The van der Waals surface area contributed by atoms with E-state index in [0.29, 0.717) is 17.0 Å². The van der Waals surface area contributed by atoms with Crippen molar-refractivity contribution in [2.24, 2.45) is 11.1 Å². The van der Waals surface area contributed by atoms with E-state index in [0.717, 1.165) is 0 Å². The fourth-order valence-corrected chi connectivity index (χ4v) is 1.69. The molecule has 0 saturated carbocycles. The molecule has 4 N–H and O–H groups in total. The maximum absolute atomic E-state index is 10.1. The van der Waals surface area contributed by atoms with Crippen molar-refractivity contribution in [1.82, 2.24) is 0 Å². The molecule has 1 aromatic carbocycles. The minimum Gasteiger partial charge on any atom is -0.508 e. The molecule has 0 fully saturated rings. The number of aromatic hydroxyl groups is 1. The van der Waals surface area contributed by atoms with Crippen molar-refractivity contribution in [3.8, 4) is 5.75 Å². The van der Waals surface area contributed by atoms with Gasteiger partial charge in [-0.15, -0.1) is 0 Å². The number of rotatable bonds is 3. The van der Waals surface area contributed by atoms with Gasteiger partial charge in [0.15, 0.2) is 0 Å². The maximum atomic E-state index is 10.1. The normalized spacial score (nSPS) is 15.6. The Morgan fingerprint density at radius 1 is 1.35 bits per heavy atom. The minimum atomic E-state index is -0.803. The second-order valence-electron chi connectivity index (χ2n) is 5.43. The molecule has 0 aliphatic heterocycles. The lowest BCUT2D eigenvalue weighted by Gasteiger charge is -2.29. The molecule has 0 saturated heterocycles. The quantitative estimate of drug-likeness (QED) is 0.780. The van der Waals surface area contributed by atoms with Crippen LogP contribution < -0.4 is 5.73 Å². The standard InChI is InChI=1S/C13H20ClNO2/c1-13(2,3)12(15)7-11(17)9-6-8(14)4-5-10(9)16/h4-6,11-12,16-17H,7,15H2,1-3H3/t11-,12-/m1/s1. The van der Waals surface area contributed by atoms with E-state index >= 15 is 0 Å². The van der Waals surface area contributed by atoms with Crippen LogP contribution >= 0.6 is 11.6 Å². The summed E-state index contributed by atoms with van der Waals surface area (Å²) >= 11 is 5.83. The topological polar surface area (TPSA) is 66.5 Å². The Hall–Kier alpha value is -0.770. The molecule has 0 aromatic heterocycles. The summed E-state index contributed by atoms with van der Waals surface area (Å²) in [6.45, 7) is 6.05. The molecule has 2 atom stereocenters. The Morgan fingerprint density at radius 2 is 1.94 bits per heavy atom. The van der Waals surface area contributed by atoms with Gasteiger partial charge in [0.25, 0.3) is 0 Å². The fraction of sp³-hybridized carbons (Fsp3) is 0.538. The Balaban J connectivity index is 2.83. The van der Waals surface area contributed by atoms with Crippen molar-refractivity contribution in [2.75, 3.05) is 0 Å². The average Bonchev–Trinajstić information content (AvgIpc) is 2.20. The number of nitrogens with two attached hydrogens (primary N) is 1. The number of phenols is 1. The zero-order chi connectivity index (χ0) is 13.2. The summed E-state index contributed by atoms with van der Waals surface area (Å²) in [5.74, 6) is 0.0445. The largest absolute Gasteiger partial charge is 0.508 e. The third-order valence-electron chi connectivity index (χ3n) is 2.94. The van der Waals surface area contributed by atoms with Gasteiger partial charge >= 0.3 is 0 Å². The summed E-state index contributed by atoms with van der Waals surface area (Å²) in [5, 5.41) is 20.2. The number of phenolic OH excluding ortho intramolecular Hbond substituents is 1. The van der Waals surface area contributed by atoms with Crippen LogP contribution in [-0.4, -0.2) is 16.3 Å². The van der Waals surface area contributed by atoms with E-state index in [1.807, 2.05) is 20.8 Å². The highest BCUT2D eigenvalue weighted by Gasteiger charge is 2.25. The van der Waals surface area contributed by atoms with Crippen molar-refractivity contribution in [3.05, 3.63) is 28.8 Å². The number of aliphatic hydroxyl groups excluding tert-OH is 1. The SMILES string of the molecule is CC(C)(C)[C@H](N)C[C@@H](O)c1cc(Cl)ccc1O. The first kappa shape index (κ1) is 14.3. The number of hydrogen-bond donors (Lipinski definition) is 3. The molecule has 0 unspecified atom stereocenters. The smallest absolute Gasteiger partial charge is 0.121 e. The lowest BCUT2D eigenvalue weighted by molar-refractivity contribution is 0.131. The summed E-state index contributed by atoms with van der Waals surface area (Å²) in [5.41, 5.74) is 6.34. The highest BCUT2D eigenvalue weighted by molar-refractivity contribution is 6.30. The Morgan fingerprint density at radius 3 is 2.47 bits per heavy atom. The van der Waals surface area contributed by atoms with Crippen LogP contribution in [0.4, 0.5) is 0 Å². The second-order valence-corrected chi connectivity index (χ2v) is 5.86. The lowest BCUT2D eigenvalue weighted by atomic mass is 9.83. The summed E-state index contributed by atoms with van der Waals surface area (Å²) in [6.07, 6.45) is -0.417. The van der Waals surface area contributed by atoms with Crippen LogP contribution in [0.3, 0.4) is 0 Å². The van der Waals surface area contributed by atoms with E-state index in [4.69, 9.17) is 17.3 Å². The van der Waals surface area contributed by atoms with E-state index in [9.17, 15) is 10.2 Å². The molecule has 0 bridgehead atoms. The average molecular weight is 258 g/mol. The summed E-state index contributed by atoms with van der Waals surface area (Å²) < 4.78 is 0. The summed E-state index contributed by atoms with van der Waals surface area (Å²) in [6, 6.07) is 4.47. The van der Waals surface area contributed by atoms with E-state index < -0.39 is 6.10 Å². The van der Waals surface area contributed by atoms with Crippen molar-refractivity contribution in [3.63, 3.8) is 0 Å². The van der Waals surface area contributed by atoms with E-state index in [1.54, 1.807) is 12.1 Å². The van der Waals surface area contributed by atoms with Gasteiger partial charge in [-0.3, -0.25) is 0 Å². The first-order valence-corrected chi connectivity index (χ1v) is 6.01. The van der Waals surface area contributed by atoms with Gasteiger partial charge in [0, 0.05) is 16.6 Å². The zero-order valence-electron chi connectivity index (χ0n) is 10.4. The number of benzene rings is 1. The van der Waals surface area contributed by atoms with Gasteiger partial charge in [0.2, 0.25) is 0 Å². The van der Waals surface area contributed by atoms with Crippen LogP contribution in [0.1, 0.15) is 38.9 Å². The highest BCUT2D eigenvalue weighted by Crippen LogP contribution is 2.32. The molecule has 0 heterocycles. The summed E-state index contributed by atoms with van der Waals surface area (Å²) in [4.78, 5) is 0. The second kappa shape index (κ2) is 5.25. The number of halogens is 1. The van der Waals surface area contributed by atoms with Crippen molar-refractivity contribution in [2.45, 2.75) is 39.3 Å². The fourth-order valence-electron chi connectivity index (χ4n) is 1.51. The van der Waals surface area contributed by atoms with E-state index in [-0.39, 0.29) is 17.2 Å². The van der Waals surface area contributed by atoms with Gasteiger partial charge in [-0.2, -0.15) is 0 Å². The highest BCUT2D eigenvalue weighted by atomic mass is 35.5. The van der Waals surface area contributed by atoms with Gasteiger partial charge in [-0.25, -0.2) is 0 Å². The number of aliphatic hydroxyl groups is 1. The van der Waals surface area contributed by atoms with Crippen molar-refractivity contribution < 1.29 is 10.2 Å². The third kappa shape index (κ3) is 3.87. The van der Waals surface area contributed by atoms with E-state index in [1.165, 1.54) is 6.07 Å². The first-order chi connectivity index (χ1) is 7.71.